The van der Waals surface area contributed by atoms with Crippen LogP contribution in [0, 0.1) is 17.1 Å². The molecule has 1 aromatic carbocycles. The summed E-state index contributed by atoms with van der Waals surface area (Å²) in [6.07, 6.45) is 1.92. The zero-order valence-electron chi connectivity index (χ0n) is 11.2. The molecule has 0 fully saturated rings. The predicted molar refractivity (Wildman–Crippen MR) is 81.3 cm³/mol. The number of nitrogens with zero attached hydrogens (tertiary/aromatic N) is 3. The number of benzene rings is 1. The normalized spacial score (nSPS) is 10.1. The van der Waals surface area contributed by atoms with E-state index in [0.717, 1.165) is 0 Å². The fourth-order valence-electron chi connectivity index (χ4n) is 1.77. The number of nitrogens with two attached hydrogens (primary N) is 1. The summed E-state index contributed by atoms with van der Waals surface area (Å²) in [5, 5.41) is 9.64. The van der Waals surface area contributed by atoms with Gasteiger partial charge in [-0.2, -0.15) is 5.26 Å². The van der Waals surface area contributed by atoms with Crippen molar-refractivity contribution in [3.8, 4) is 6.07 Å². The number of aromatic nitrogens is 2. The highest BCUT2D eigenvalue weighted by atomic mass is 32.2. The lowest BCUT2D eigenvalue weighted by molar-refractivity contribution is 0.612. The molecule has 0 radical (unpaired) electrons. The lowest BCUT2D eigenvalue weighted by atomic mass is 10.1. The third-order valence-electron chi connectivity index (χ3n) is 2.75. The Bertz CT molecular complexity index is 709. The molecule has 1 heterocycles. The molecular weight excluding hydrogens is 287 g/mol. The summed E-state index contributed by atoms with van der Waals surface area (Å²) in [5.74, 6) is 0.411. The second-order valence-electron chi connectivity index (χ2n) is 4.19. The van der Waals surface area contributed by atoms with Crippen LogP contribution >= 0.6 is 11.8 Å². The zero-order chi connectivity index (χ0) is 15.2. The smallest absolute Gasteiger partial charge is 0.190 e. The van der Waals surface area contributed by atoms with Crippen molar-refractivity contribution in [3.05, 3.63) is 59.6 Å². The molecule has 106 valence electrons. The highest BCUT2D eigenvalue weighted by Gasteiger charge is 2.14. The number of thioether (sulfide) groups is 1. The SMILES string of the molecule is C=CCSc1nc(N)c(C#N)c(Cc2ccccc2F)n1. The molecular formula is C15H13FN4S. The van der Waals surface area contributed by atoms with Gasteiger partial charge in [-0.15, -0.1) is 6.58 Å². The molecule has 21 heavy (non-hydrogen) atoms. The molecule has 0 aliphatic heterocycles. The number of rotatable bonds is 5. The van der Waals surface area contributed by atoms with Crippen LogP contribution in [-0.2, 0) is 6.42 Å². The van der Waals surface area contributed by atoms with Crippen LogP contribution in [0.5, 0.6) is 0 Å². The molecule has 0 bridgehead atoms. The molecule has 4 nitrogen and oxygen atoms in total. The van der Waals surface area contributed by atoms with Crippen molar-refractivity contribution < 1.29 is 4.39 Å². The van der Waals surface area contributed by atoms with E-state index in [0.29, 0.717) is 22.2 Å². The monoisotopic (exact) mass is 300 g/mol. The molecule has 0 aliphatic carbocycles. The topological polar surface area (TPSA) is 75.6 Å². The van der Waals surface area contributed by atoms with E-state index >= 15 is 0 Å². The van der Waals surface area contributed by atoms with Crippen molar-refractivity contribution in [1.29, 1.82) is 5.26 Å². The summed E-state index contributed by atoms with van der Waals surface area (Å²) < 4.78 is 13.7. The van der Waals surface area contributed by atoms with E-state index < -0.39 is 0 Å². The van der Waals surface area contributed by atoms with Crippen LogP contribution in [0.2, 0.25) is 0 Å². The van der Waals surface area contributed by atoms with Crippen LogP contribution in [0.15, 0.2) is 42.1 Å². The molecule has 0 unspecified atom stereocenters. The molecule has 1 aromatic heterocycles. The molecule has 0 aliphatic rings. The summed E-state index contributed by atoms with van der Waals surface area (Å²) in [6.45, 7) is 3.62. The van der Waals surface area contributed by atoms with Gasteiger partial charge < -0.3 is 5.73 Å². The largest absolute Gasteiger partial charge is 0.382 e. The van der Waals surface area contributed by atoms with Crippen molar-refractivity contribution in [1.82, 2.24) is 9.97 Å². The van der Waals surface area contributed by atoms with E-state index in [4.69, 9.17) is 5.73 Å². The van der Waals surface area contributed by atoms with Gasteiger partial charge in [-0.3, -0.25) is 0 Å². The van der Waals surface area contributed by atoms with Crippen LogP contribution in [0.25, 0.3) is 0 Å². The van der Waals surface area contributed by atoms with Gasteiger partial charge >= 0.3 is 0 Å². The van der Waals surface area contributed by atoms with Gasteiger partial charge in [0.05, 0.1) is 5.69 Å². The number of anilines is 1. The predicted octanol–water partition coefficient (Wildman–Crippen LogP) is 2.94. The van der Waals surface area contributed by atoms with E-state index in [1.165, 1.54) is 17.8 Å². The van der Waals surface area contributed by atoms with Crippen LogP contribution < -0.4 is 5.73 Å². The maximum absolute atomic E-state index is 13.7. The van der Waals surface area contributed by atoms with Gasteiger partial charge in [0, 0.05) is 12.2 Å². The average molecular weight is 300 g/mol. The Morgan fingerprint density at radius 2 is 2.14 bits per heavy atom. The quantitative estimate of drug-likeness (QED) is 0.522. The van der Waals surface area contributed by atoms with Crippen LogP contribution in [0.4, 0.5) is 10.2 Å². The Morgan fingerprint density at radius 3 is 2.81 bits per heavy atom. The van der Waals surface area contributed by atoms with Gasteiger partial charge in [-0.25, -0.2) is 14.4 Å². The molecule has 0 saturated heterocycles. The summed E-state index contributed by atoms with van der Waals surface area (Å²) in [7, 11) is 0. The molecule has 2 N–H and O–H groups in total. The van der Waals surface area contributed by atoms with Crippen molar-refractivity contribution in [2.45, 2.75) is 11.6 Å². The highest BCUT2D eigenvalue weighted by molar-refractivity contribution is 7.99. The minimum atomic E-state index is -0.334. The maximum atomic E-state index is 13.7. The van der Waals surface area contributed by atoms with Gasteiger partial charge in [-0.1, -0.05) is 36.0 Å². The van der Waals surface area contributed by atoms with E-state index in [1.807, 2.05) is 6.07 Å². The van der Waals surface area contributed by atoms with E-state index in [2.05, 4.69) is 16.5 Å². The van der Waals surface area contributed by atoms with Crippen LogP contribution in [-0.4, -0.2) is 15.7 Å². The summed E-state index contributed by atoms with van der Waals surface area (Å²) >= 11 is 1.36. The Kier molecular flexibility index (Phi) is 4.90. The van der Waals surface area contributed by atoms with Crippen molar-refractivity contribution in [2.24, 2.45) is 0 Å². The Morgan fingerprint density at radius 1 is 1.38 bits per heavy atom. The third-order valence-corrected chi connectivity index (χ3v) is 3.59. The molecule has 0 saturated carbocycles. The molecule has 0 spiro atoms. The molecule has 0 amide bonds. The minimum Gasteiger partial charge on any atom is -0.382 e. The van der Waals surface area contributed by atoms with E-state index in [-0.39, 0.29) is 23.6 Å². The maximum Gasteiger partial charge on any atom is 0.190 e. The number of nitriles is 1. The minimum absolute atomic E-state index is 0.116. The first kappa shape index (κ1) is 15.0. The molecule has 2 aromatic rings. The Labute approximate surface area is 126 Å². The lowest BCUT2D eigenvalue weighted by Crippen LogP contribution is -2.06. The summed E-state index contributed by atoms with van der Waals surface area (Å²) in [4.78, 5) is 8.38. The van der Waals surface area contributed by atoms with Gasteiger partial charge in [0.15, 0.2) is 5.16 Å². The number of halogens is 1. The first-order valence-electron chi connectivity index (χ1n) is 6.19. The van der Waals surface area contributed by atoms with Crippen LogP contribution in [0.1, 0.15) is 16.8 Å². The fourth-order valence-corrected chi connectivity index (χ4v) is 2.38. The number of hydrogen-bond donors (Lipinski definition) is 1. The summed E-state index contributed by atoms with van der Waals surface area (Å²) in [5.41, 5.74) is 6.88. The van der Waals surface area contributed by atoms with E-state index in [1.54, 1.807) is 24.3 Å². The highest BCUT2D eigenvalue weighted by Crippen LogP contribution is 2.22. The number of hydrogen-bond acceptors (Lipinski definition) is 5. The zero-order valence-corrected chi connectivity index (χ0v) is 12.0. The van der Waals surface area contributed by atoms with Crippen molar-refractivity contribution in [2.75, 3.05) is 11.5 Å². The van der Waals surface area contributed by atoms with Gasteiger partial charge in [0.2, 0.25) is 0 Å². The molecule has 6 heteroatoms. The van der Waals surface area contributed by atoms with Gasteiger partial charge in [0.1, 0.15) is 23.3 Å². The molecule has 2 rings (SSSR count). The van der Waals surface area contributed by atoms with Crippen LogP contribution in [0.3, 0.4) is 0 Å². The van der Waals surface area contributed by atoms with Gasteiger partial charge in [0.25, 0.3) is 0 Å². The second-order valence-corrected chi connectivity index (χ2v) is 5.18. The second kappa shape index (κ2) is 6.86. The third kappa shape index (κ3) is 3.58. The van der Waals surface area contributed by atoms with Gasteiger partial charge in [-0.05, 0) is 11.6 Å². The summed E-state index contributed by atoms with van der Waals surface area (Å²) in [6, 6.07) is 8.37. The Hall–Kier alpha value is -2.39. The fraction of sp³-hybridized carbons (Fsp3) is 0.133. The Balaban J connectivity index is 2.41. The number of nitrogen functional groups attached to an aromatic ring is 1. The lowest BCUT2D eigenvalue weighted by Gasteiger charge is -2.08. The van der Waals surface area contributed by atoms with Crippen molar-refractivity contribution >= 4 is 17.6 Å². The van der Waals surface area contributed by atoms with Crippen molar-refractivity contribution in [3.63, 3.8) is 0 Å². The first-order chi connectivity index (χ1) is 10.2. The average Bonchev–Trinajstić information content (AvgIpc) is 2.47. The van der Waals surface area contributed by atoms with E-state index in [9.17, 15) is 9.65 Å². The standard InChI is InChI=1S/C15H13FN4S/c1-2-7-21-15-19-13(11(9-17)14(18)20-15)8-10-5-3-4-6-12(10)16/h2-6H,1,7-8H2,(H2,18,19,20). The first-order valence-corrected chi connectivity index (χ1v) is 7.18. The molecule has 0 atom stereocenters.